The summed E-state index contributed by atoms with van der Waals surface area (Å²) in [5, 5.41) is 9.25. The minimum Gasteiger partial charge on any atom is -0.477 e. The van der Waals surface area contributed by atoms with E-state index in [2.05, 4.69) is 11.8 Å². The van der Waals surface area contributed by atoms with Crippen molar-refractivity contribution in [3.05, 3.63) is 11.3 Å². The summed E-state index contributed by atoms with van der Waals surface area (Å²) in [6, 6.07) is -0.0729. The lowest BCUT2D eigenvalue weighted by Crippen LogP contribution is -2.68. The van der Waals surface area contributed by atoms with Gasteiger partial charge in [-0.25, -0.2) is 4.79 Å². The van der Waals surface area contributed by atoms with Crippen LogP contribution in [0.2, 0.25) is 0 Å². The van der Waals surface area contributed by atoms with E-state index >= 15 is 0 Å². The molecule has 3 aliphatic rings. The molecule has 0 bridgehead atoms. The molecule has 2 fully saturated rings. The molecule has 21 heavy (non-hydrogen) atoms. The molecule has 1 unspecified atom stereocenters. The molecule has 0 aliphatic carbocycles. The zero-order chi connectivity index (χ0) is 14.4. The molecule has 0 spiro atoms. The number of hydrogen-bond donors (Lipinski definition) is 2. The third-order valence-corrected chi connectivity index (χ3v) is 5.74. The van der Waals surface area contributed by atoms with Crippen LogP contribution in [0.3, 0.4) is 0 Å². The van der Waals surface area contributed by atoms with Crippen LogP contribution in [0.5, 0.6) is 0 Å². The molecule has 2 saturated heterocycles. The monoisotopic (exact) mass is 425 g/mol. The van der Waals surface area contributed by atoms with E-state index in [0.717, 1.165) is 25.0 Å². The van der Waals surface area contributed by atoms with Crippen molar-refractivity contribution in [3.63, 3.8) is 0 Å². The Labute approximate surface area is 145 Å². The normalized spacial score (nSPS) is 32.6. The molecule has 0 aromatic rings. The Morgan fingerprint density at radius 3 is 2.81 bits per heavy atom. The van der Waals surface area contributed by atoms with Crippen molar-refractivity contribution >= 4 is 47.6 Å². The number of rotatable bonds is 3. The van der Waals surface area contributed by atoms with E-state index < -0.39 is 12.0 Å². The van der Waals surface area contributed by atoms with Crippen LogP contribution in [0.4, 0.5) is 0 Å². The first-order valence-corrected chi connectivity index (χ1v) is 7.95. The lowest BCUT2D eigenvalue weighted by atomic mass is 10.0. The Bertz CT molecular complexity index is 499. The van der Waals surface area contributed by atoms with Gasteiger partial charge in [-0.1, -0.05) is 0 Å². The maximum atomic E-state index is 11.8. The van der Waals surface area contributed by atoms with Crippen molar-refractivity contribution in [3.8, 4) is 0 Å². The summed E-state index contributed by atoms with van der Waals surface area (Å²) in [5.41, 5.74) is 6.74. The smallest absolute Gasteiger partial charge is 0.352 e. The van der Waals surface area contributed by atoms with Gasteiger partial charge in [-0.3, -0.25) is 14.6 Å². The average Bonchev–Trinajstić information content (AvgIpc) is 2.82. The number of amides is 1. The fourth-order valence-corrected chi connectivity index (χ4v) is 4.46. The van der Waals surface area contributed by atoms with Crippen LogP contribution in [0.25, 0.3) is 0 Å². The Morgan fingerprint density at radius 1 is 1.52 bits per heavy atom. The highest BCUT2D eigenvalue weighted by Crippen LogP contribution is 2.39. The lowest BCUT2D eigenvalue weighted by Gasteiger charge is -2.48. The van der Waals surface area contributed by atoms with E-state index in [0.29, 0.717) is 18.3 Å². The zero-order valence-corrected chi connectivity index (χ0v) is 15.0. The minimum atomic E-state index is -1.02. The van der Waals surface area contributed by atoms with Crippen LogP contribution in [-0.4, -0.2) is 63.1 Å². The topological polar surface area (TPSA) is 86.9 Å². The van der Waals surface area contributed by atoms with Gasteiger partial charge in [0.25, 0.3) is 0 Å². The molecule has 8 heteroatoms. The van der Waals surface area contributed by atoms with Gasteiger partial charge < -0.3 is 10.8 Å². The number of halogens is 1. The van der Waals surface area contributed by atoms with Crippen LogP contribution in [-0.2, 0) is 9.59 Å². The molecule has 3 heterocycles. The SMILES string of the molecule is CC1CCCN1CC1=C(C(=O)O)N2C(=O)[C@@H](N)[C@H]2SC1.I. The van der Waals surface area contributed by atoms with Crippen LogP contribution in [0, 0.1) is 0 Å². The van der Waals surface area contributed by atoms with Gasteiger partial charge in [0.1, 0.15) is 17.1 Å². The average molecular weight is 425 g/mol. The van der Waals surface area contributed by atoms with Crippen molar-refractivity contribution in [1.29, 1.82) is 0 Å². The summed E-state index contributed by atoms with van der Waals surface area (Å²) < 4.78 is 0. The molecule has 0 aromatic heterocycles. The Kier molecular flexibility index (Phi) is 5.22. The summed E-state index contributed by atoms with van der Waals surface area (Å²) in [4.78, 5) is 27.0. The maximum Gasteiger partial charge on any atom is 0.352 e. The second-order valence-electron chi connectivity index (χ2n) is 5.65. The van der Waals surface area contributed by atoms with Crippen LogP contribution in [0.15, 0.2) is 11.3 Å². The summed E-state index contributed by atoms with van der Waals surface area (Å²) in [5.74, 6) is -0.642. The first kappa shape index (κ1) is 17.0. The van der Waals surface area contributed by atoms with Gasteiger partial charge in [0.05, 0.1) is 0 Å². The maximum absolute atomic E-state index is 11.8. The van der Waals surface area contributed by atoms with Crippen molar-refractivity contribution in [2.24, 2.45) is 5.73 Å². The molecule has 0 saturated carbocycles. The third kappa shape index (κ3) is 2.82. The number of aliphatic carboxylic acids is 1. The van der Waals surface area contributed by atoms with Gasteiger partial charge in [-0.15, -0.1) is 35.7 Å². The number of carbonyl (C=O) groups excluding carboxylic acids is 1. The molecule has 1 amide bonds. The lowest BCUT2D eigenvalue weighted by molar-refractivity contribution is -0.148. The Morgan fingerprint density at radius 2 is 2.24 bits per heavy atom. The number of carboxylic acid groups (broad SMARTS) is 1. The summed E-state index contributed by atoms with van der Waals surface area (Å²) in [7, 11) is 0. The van der Waals surface area contributed by atoms with Crippen LogP contribution in [0.1, 0.15) is 19.8 Å². The predicted octanol–water partition coefficient (Wildman–Crippen LogP) is 0.670. The van der Waals surface area contributed by atoms with Gasteiger partial charge in [0.15, 0.2) is 0 Å². The molecule has 3 N–H and O–H groups in total. The number of likely N-dealkylation sites (tertiary alicyclic amines) is 1. The van der Waals surface area contributed by atoms with Gasteiger partial charge in [-0.2, -0.15) is 0 Å². The van der Waals surface area contributed by atoms with Gasteiger partial charge >= 0.3 is 5.97 Å². The number of thioether (sulfide) groups is 1. The molecule has 3 aliphatic heterocycles. The molecular formula is C13H20IN3O3S. The highest BCUT2D eigenvalue weighted by molar-refractivity contribution is 14.0. The predicted molar refractivity (Wildman–Crippen MR) is 91.4 cm³/mol. The number of carboxylic acids is 1. The first-order chi connectivity index (χ1) is 9.50. The second kappa shape index (κ2) is 6.43. The molecule has 6 nitrogen and oxygen atoms in total. The van der Waals surface area contributed by atoms with E-state index in [1.807, 2.05) is 0 Å². The van der Waals surface area contributed by atoms with Gasteiger partial charge in [0, 0.05) is 18.3 Å². The number of fused-ring (bicyclic) bond motifs is 1. The summed E-state index contributed by atoms with van der Waals surface area (Å²) in [6.07, 6.45) is 2.30. The van der Waals surface area contributed by atoms with E-state index in [9.17, 15) is 14.7 Å². The summed E-state index contributed by atoms with van der Waals surface area (Å²) in [6.45, 7) is 3.80. The molecule has 118 valence electrons. The largest absolute Gasteiger partial charge is 0.477 e. The second-order valence-corrected chi connectivity index (χ2v) is 6.76. The van der Waals surface area contributed by atoms with E-state index in [4.69, 9.17) is 5.73 Å². The quantitative estimate of drug-likeness (QED) is 0.511. The zero-order valence-electron chi connectivity index (χ0n) is 11.8. The van der Waals surface area contributed by atoms with E-state index in [1.165, 1.54) is 4.90 Å². The molecule has 0 radical (unpaired) electrons. The molecule has 0 aromatic carbocycles. The Balaban J connectivity index is 0.00000161. The third-order valence-electron chi connectivity index (χ3n) is 4.38. The number of hydrogen-bond acceptors (Lipinski definition) is 5. The van der Waals surface area contributed by atoms with Crippen molar-refractivity contribution in [2.45, 2.75) is 37.2 Å². The fourth-order valence-electron chi connectivity index (χ4n) is 3.17. The number of nitrogens with two attached hydrogens (primary N) is 1. The summed E-state index contributed by atoms with van der Waals surface area (Å²) >= 11 is 1.57. The highest BCUT2D eigenvalue weighted by atomic mass is 127. The fraction of sp³-hybridized carbons (Fsp3) is 0.692. The van der Waals surface area contributed by atoms with Gasteiger partial charge in [-0.05, 0) is 31.9 Å². The highest BCUT2D eigenvalue weighted by Gasteiger charge is 2.51. The number of carbonyl (C=O) groups is 2. The first-order valence-electron chi connectivity index (χ1n) is 6.90. The van der Waals surface area contributed by atoms with E-state index in [1.54, 1.807) is 11.8 Å². The van der Waals surface area contributed by atoms with E-state index in [-0.39, 0.29) is 41.0 Å². The number of nitrogens with zero attached hydrogens (tertiary/aromatic N) is 2. The van der Waals surface area contributed by atoms with Crippen molar-refractivity contribution in [1.82, 2.24) is 9.80 Å². The van der Waals surface area contributed by atoms with Gasteiger partial charge in [0.2, 0.25) is 5.91 Å². The van der Waals surface area contributed by atoms with Crippen molar-refractivity contribution < 1.29 is 14.7 Å². The molecular weight excluding hydrogens is 405 g/mol. The molecule has 3 atom stereocenters. The Hall–Kier alpha value is -0.320. The molecule has 3 rings (SSSR count). The minimum absolute atomic E-state index is 0. The van der Waals surface area contributed by atoms with Crippen molar-refractivity contribution in [2.75, 3.05) is 18.8 Å². The van der Waals surface area contributed by atoms with Crippen LogP contribution < -0.4 is 5.73 Å². The van der Waals surface area contributed by atoms with Crippen LogP contribution >= 0.6 is 35.7 Å². The standard InChI is InChI=1S/C13H19N3O3S.HI/c1-7-3-2-4-15(7)5-8-6-20-12-9(14)11(17)16(12)10(8)13(18)19;/h7,9,12H,2-6,14H2,1H3,(H,18,19);1H/t7?,9-,12-;/m1./s1. The number of β-lactam (4-membered cyclic amide) rings is 1.